The van der Waals surface area contributed by atoms with Gasteiger partial charge in [0.1, 0.15) is 17.9 Å². The molecule has 12 heteroatoms. The van der Waals surface area contributed by atoms with Crippen molar-refractivity contribution in [2.24, 2.45) is 0 Å². The van der Waals surface area contributed by atoms with Crippen molar-refractivity contribution in [3.8, 4) is 23.2 Å². The van der Waals surface area contributed by atoms with E-state index >= 15 is 0 Å². The molecular formula is C34H41N7O5. The molecule has 2 aromatic carbocycles. The number of carbonyl (C=O) groups is 2. The first-order valence-corrected chi connectivity index (χ1v) is 15.4. The lowest BCUT2D eigenvalue weighted by Crippen LogP contribution is -2.57. The average molecular weight is 628 g/mol. The number of rotatable bonds is 12. The van der Waals surface area contributed by atoms with Gasteiger partial charge in [0.05, 0.1) is 32.0 Å². The molecule has 5 rings (SSSR count). The van der Waals surface area contributed by atoms with Crippen LogP contribution in [0.4, 0.5) is 5.82 Å². The van der Waals surface area contributed by atoms with E-state index in [0.29, 0.717) is 48.6 Å². The zero-order valence-corrected chi connectivity index (χ0v) is 26.9. The van der Waals surface area contributed by atoms with Crippen molar-refractivity contribution in [3.05, 3.63) is 84.6 Å². The molecule has 3 heterocycles. The van der Waals surface area contributed by atoms with Crippen molar-refractivity contribution in [2.45, 2.75) is 45.2 Å². The van der Waals surface area contributed by atoms with E-state index in [1.807, 2.05) is 61.5 Å². The minimum Gasteiger partial charge on any atom is -0.493 e. The smallest absolute Gasteiger partial charge is 0.260 e. The third-order valence-electron chi connectivity index (χ3n) is 7.99. The highest BCUT2D eigenvalue weighted by Crippen LogP contribution is 2.30. The monoisotopic (exact) mass is 627 g/mol. The van der Waals surface area contributed by atoms with E-state index in [2.05, 4.69) is 29.0 Å². The van der Waals surface area contributed by atoms with E-state index in [-0.39, 0.29) is 42.8 Å². The summed E-state index contributed by atoms with van der Waals surface area (Å²) in [6.07, 6.45) is 5.28. The molecule has 46 heavy (non-hydrogen) atoms. The molecule has 1 aliphatic heterocycles. The number of para-hydroxylation sites is 1. The van der Waals surface area contributed by atoms with Crippen LogP contribution in [-0.2, 0) is 9.59 Å². The number of anilines is 1. The molecular weight excluding hydrogens is 586 g/mol. The molecule has 2 unspecified atom stereocenters. The molecule has 1 saturated heterocycles. The topological polar surface area (TPSA) is 124 Å². The Bertz CT molecular complexity index is 1610. The van der Waals surface area contributed by atoms with Crippen molar-refractivity contribution < 1.29 is 23.8 Å². The van der Waals surface area contributed by atoms with Crippen molar-refractivity contribution in [3.63, 3.8) is 0 Å². The number of nitrogens with zero attached hydrogens (tertiary/aromatic N) is 6. The van der Waals surface area contributed by atoms with E-state index in [1.165, 1.54) is 0 Å². The Morgan fingerprint density at radius 2 is 1.76 bits per heavy atom. The van der Waals surface area contributed by atoms with Crippen LogP contribution >= 0.6 is 0 Å². The third-order valence-corrected chi connectivity index (χ3v) is 7.99. The Balaban J connectivity index is 1.37. The lowest BCUT2D eigenvalue weighted by molar-refractivity contribution is -0.135. The van der Waals surface area contributed by atoms with Gasteiger partial charge in [0.15, 0.2) is 18.1 Å². The van der Waals surface area contributed by atoms with E-state index in [9.17, 15) is 9.59 Å². The maximum absolute atomic E-state index is 13.6. The first-order chi connectivity index (χ1) is 22.2. The summed E-state index contributed by atoms with van der Waals surface area (Å²) in [4.78, 5) is 44.6. The minimum absolute atomic E-state index is 0.0882. The Morgan fingerprint density at radius 1 is 0.978 bits per heavy atom. The van der Waals surface area contributed by atoms with Gasteiger partial charge in [0.2, 0.25) is 11.9 Å². The molecule has 0 spiro atoms. The quantitative estimate of drug-likeness (QED) is 0.247. The number of aromatic nitrogens is 4. The predicted octanol–water partition coefficient (Wildman–Crippen LogP) is 4.17. The summed E-state index contributed by atoms with van der Waals surface area (Å²) in [5.74, 6) is 2.88. The summed E-state index contributed by atoms with van der Waals surface area (Å²) in [7, 11) is 3.16. The molecule has 0 saturated carbocycles. The number of hydrogen-bond donors (Lipinski definition) is 1. The lowest BCUT2D eigenvalue weighted by Gasteiger charge is -2.42. The zero-order valence-electron chi connectivity index (χ0n) is 26.9. The van der Waals surface area contributed by atoms with Gasteiger partial charge in [-0.1, -0.05) is 38.1 Å². The molecule has 2 atom stereocenters. The van der Waals surface area contributed by atoms with Gasteiger partial charge >= 0.3 is 0 Å². The molecule has 0 radical (unpaired) electrons. The van der Waals surface area contributed by atoms with Crippen LogP contribution in [0.2, 0.25) is 0 Å². The summed E-state index contributed by atoms with van der Waals surface area (Å²) in [5.41, 5.74) is 1.75. The first kappa shape index (κ1) is 32.3. The molecule has 2 amide bonds. The van der Waals surface area contributed by atoms with Gasteiger partial charge in [0.25, 0.3) is 5.91 Å². The Kier molecular flexibility index (Phi) is 10.4. The van der Waals surface area contributed by atoms with Crippen LogP contribution in [0.15, 0.2) is 73.3 Å². The number of nitrogens with one attached hydrogen (secondary N) is 1. The van der Waals surface area contributed by atoms with Gasteiger partial charge in [-0.25, -0.2) is 9.97 Å². The van der Waals surface area contributed by atoms with Crippen LogP contribution in [-0.4, -0.2) is 82.7 Å². The number of carbonyl (C=O) groups excluding carboxylic acids is 2. The summed E-state index contributed by atoms with van der Waals surface area (Å²) < 4.78 is 18.3. The van der Waals surface area contributed by atoms with E-state index < -0.39 is 0 Å². The zero-order chi connectivity index (χ0) is 32.6. The lowest BCUT2D eigenvalue weighted by atomic mass is 10.0. The second kappa shape index (κ2) is 14.8. The Morgan fingerprint density at radius 3 is 2.46 bits per heavy atom. The highest BCUT2D eigenvalue weighted by Gasteiger charge is 2.33. The summed E-state index contributed by atoms with van der Waals surface area (Å²) in [6, 6.07) is 16.2. The molecule has 1 N–H and O–H groups in total. The van der Waals surface area contributed by atoms with Crippen LogP contribution in [0.5, 0.6) is 17.2 Å². The maximum Gasteiger partial charge on any atom is 0.260 e. The standard InChI is InChI=1S/C34H41N7O5/c1-23(2)28-19-31(38-34(37-28)40-14-13-35-22-40)41-16-15-39(33(43)21-46-27-9-7-6-8-10-27)20-26(41)18-32(42)36-24(3)25-11-12-29(44-4)30(17-25)45-5/h6-14,17,19,22-24,26H,15-16,18,20-21H2,1-5H3,(H,36,42). The van der Waals surface area contributed by atoms with Crippen LogP contribution in [0.3, 0.4) is 0 Å². The van der Waals surface area contributed by atoms with Gasteiger partial charge in [-0.15, -0.1) is 0 Å². The largest absolute Gasteiger partial charge is 0.493 e. The van der Waals surface area contributed by atoms with Crippen molar-refractivity contribution in [1.82, 2.24) is 29.7 Å². The number of benzene rings is 2. The van der Waals surface area contributed by atoms with Crippen LogP contribution in [0, 0.1) is 0 Å². The second-order valence-electron chi connectivity index (χ2n) is 11.5. The van der Waals surface area contributed by atoms with Crippen LogP contribution in [0.1, 0.15) is 50.4 Å². The van der Waals surface area contributed by atoms with Crippen LogP contribution < -0.4 is 24.4 Å². The molecule has 1 aliphatic rings. The average Bonchev–Trinajstić information content (AvgIpc) is 3.62. The number of methoxy groups -OCH3 is 2. The van der Waals surface area contributed by atoms with E-state index in [1.54, 1.807) is 42.4 Å². The summed E-state index contributed by atoms with van der Waals surface area (Å²) >= 11 is 0. The normalized spacial score (nSPS) is 15.4. The molecule has 1 fully saturated rings. The summed E-state index contributed by atoms with van der Waals surface area (Å²) in [5, 5.41) is 3.12. The van der Waals surface area contributed by atoms with Gasteiger partial charge < -0.3 is 29.3 Å². The summed E-state index contributed by atoms with van der Waals surface area (Å²) in [6.45, 7) is 7.26. The highest BCUT2D eigenvalue weighted by molar-refractivity contribution is 5.80. The Hall–Kier alpha value is -5.13. The number of ether oxygens (including phenoxy) is 3. The predicted molar refractivity (Wildman–Crippen MR) is 174 cm³/mol. The fourth-order valence-corrected chi connectivity index (χ4v) is 5.41. The first-order valence-electron chi connectivity index (χ1n) is 15.4. The van der Waals surface area contributed by atoms with Crippen molar-refractivity contribution in [2.75, 3.05) is 45.4 Å². The highest BCUT2D eigenvalue weighted by atomic mass is 16.5. The van der Waals surface area contributed by atoms with E-state index in [0.717, 1.165) is 11.3 Å². The second-order valence-corrected chi connectivity index (χ2v) is 11.5. The fourth-order valence-electron chi connectivity index (χ4n) is 5.41. The number of amides is 2. The molecule has 4 aromatic rings. The van der Waals surface area contributed by atoms with Gasteiger partial charge in [-0.2, -0.15) is 4.98 Å². The fraction of sp³-hybridized carbons (Fsp3) is 0.382. The maximum atomic E-state index is 13.6. The Labute approximate surface area is 269 Å². The van der Waals surface area contributed by atoms with Gasteiger partial charge in [0, 0.05) is 44.5 Å². The van der Waals surface area contributed by atoms with Gasteiger partial charge in [-0.3, -0.25) is 14.2 Å². The van der Waals surface area contributed by atoms with Gasteiger partial charge in [-0.05, 0) is 42.7 Å². The number of hydrogen-bond acceptors (Lipinski definition) is 9. The molecule has 0 bridgehead atoms. The SMILES string of the molecule is COc1ccc(C(C)NC(=O)CC2CN(C(=O)COc3ccccc3)CCN2c2cc(C(C)C)nc(-n3ccnc3)n2)cc1OC. The third kappa shape index (κ3) is 7.74. The molecule has 242 valence electrons. The van der Waals surface area contributed by atoms with Crippen molar-refractivity contribution in [1.29, 1.82) is 0 Å². The molecule has 2 aromatic heterocycles. The molecule has 12 nitrogen and oxygen atoms in total. The van der Waals surface area contributed by atoms with Crippen LogP contribution in [0.25, 0.3) is 5.95 Å². The number of imidazole rings is 1. The van der Waals surface area contributed by atoms with E-state index in [4.69, 9.17) is 24.2 Å². The van der Waals surface area contributed by atoms with Crippen molar-refractivity contribution >= 4 is 17.6 Å². The minimum atomic E-state index is -0.349. The number of piperazine rings is 1. The molecule has 0 aliphatic carbocycles.